The lowest BCUT2D eigenvalue weighted by atomic mass is 10.2. The number of aliphatic hydroxyl groups excluding tert-OH is 2. The molecule has 0 saturated heterocycles. The molecule has 0 fully saturated rings. The second-order valence-electron chi connectivity index (χ2n) is 2.00. The number of H-pyrrole nitrogens is 1. The van der Waals surface area contributed by atoms with E-state index in [2.05, 4.69) is 9.97 Å². The van der Waals surface area contributed by atoms with Gasteiger partial charge in [-0.3, -0.25) is 0 Å². The quantitative estimate of drug-likeness (QED) is 0.694. The van der Waals surface area contributed by atoms with Crippen LogP contribution in [-0.4, -0.2) is 26.8 Å². The number of aromatic amines is 1. The predicted octanol–water partition coefficient (Wildman–Crippen LogP) is 0.403. The van der Waals surface area contributed by atoms with E-state index in [0.717, 1.165) is 0 Å². The maximum atomic E-state index is 9.16. The number of nitrogens with one attached hydrogen (secondary N) is 1. The molecular weight excluding hydrogens is 212 g/mol. The zero-order valence-electron chi connectivity index (χ0n) is 5.90. The van der Waals surface area contributed by atoms with E-state index in [0.29, 0.717) is 12.2 Å². The average Bonchev–Trinajstić information content (AvgIpc) is 2.38. The van der Waals surface area contributed by atoms with Crippen LogP contribution in [0.5, 0.6) is 0 Å². The van der Waals surface area contributed by atoms with E-state index >= 15 is 0 Å². The van der Waals surface area contributed by atoms with Gasteiger partial charge in [-0.15, -0.1) is 17.0 Å². The van der Waals surface area contributed by atoms with Crippen LogP contribution < -0.4 is 0 Å². The highest BCUT2D eigenvalue weighted by Crippen LogP contribution is 2.09. The molecule has 0 bridgehead atoms. The van der Waals surface area contributed by atoms with Gasteiger partial charge in [0, 0.05) is 25.4 Å². The van der Waals surface area contributed by atoms with Crippen molar-refractivity contribution >= 4 is 17.0 Å². The molecule has 0 aliphatic rings. The standard InChI is InChI=1S/C6H10N2O2.BrH/c9-4-1-5(10)6-7-2-3-8-6;/h2-3,5,9-10H,1,4H2,(H,7,8);1H. The fourth-order valence-electron chi connectivity index (χ4n) is 0.719. The highest BCUT2D eigenvalue weighted by atomic mass is 79.9. The van der Waals surface area contributed by atoms with Crippen LogP contribution in [0.1, 0.15) is 18.3 Å². The van der Waals surface area contributed by atoms with E-state index in [4.69, 9.17) is 10.2 Å². The van der Waals surface area contributed by atoms with Gasteiger partial charge in [-0.1, -0.05) is 0 Å². The monoisotopic (exact) mass is 222 g/mol. The summed E-state index contributed by atoms with van der Waals surface area (Å²) >= 11 is 0. The largest absolute Gasteiger partial charge is 0.396 e. The Morgan fingerprint density at radius 1 is 1.64 bits per heavy atom. The number of hydrogen-bond donors (Lipinski definition) is 3. The lowest BCUT2D eigenvalue weighted by Gasteiger charge is -2.03. The zero-order chi connectivity index (χ0) is 7.40. The van der Waals surface area contributed by atoms with Crippen LogP contribution in [0.4, 0.5) is 0 Å². The molecule has 0 radical (unpaired) electrons. The summed E-state index contributed by atoms with van der Waals surface area (Å²) in [6, 6.07) is 0. The summed E-state index contributed by atoms with van der Waals surface area (Å²) in [6.45, 7) is -0.0259. The average molecular weight is 223 g/mol. The van der Waals surface area contributed by atoms with Gasteiger partial charge in [0.15, 0.2) is 0 Å². The van der Waals surface area contributed by atoms with Gasteiger partial charge in [0.2, 0.25) is 0 Å². The van der Waals surface area contributed by atoms with Crippen molar-refractivity contribution in [2.45, 2.75) is 12.5 Å². The Bertz CT molecular complexity index is 179. The first-order valence-corrected chi connectivity index (χ1v) is 3.13. The molecule has 3 N–H and O–H groups in total. The molecule has 1 heterocycles. The van der Waals surface area contributed by atoms with Gasteiger partial charge in [0.1, 0.15) is 11.9 Å². The molecule has 0 aromatic carbocycles. The minimum Gasteiger partial charge on any atom is -0.396 e. The maximum Gasteiger partial charge on any atom is 0.135 e. The number of aliphatic hydroxyl groups is 2. The molecule has 11 heavy (non-hydrogen) atoms. The van der Waals surface area contributed by atoms with Crippen molar-refractivity contribution in [1.29, 1.82) is 0 Å². The summed E-state index contributed by atoms with van der Waals surface area (Å²) in [5, 5.41) is 17.6. The van der Waals surface area contributed by atoms with Gasteiger partial charge >= 0.3 is 0 Å². The van der Waals surface area contributed by atoms with Crippen molar-refractivity contribution in [3.05, 3.63) is 18.2 Å². The first-order valence-electron chi connectivity index (χ1n) is 3.13. The Labute approximate surface area is 75.1 Å². The van der Waals surface area contributed by atoms with Crippen molar-refractivity contribution in [3.63, 3.8) is 0 Å². The van der Waals surface area contributed by atoms with E-state index < -0.39 is 6.10 Å². The van der Waals surface area contributed by atoms with Crippen LogP contribution >= 0.6 is 17.0 Å². The minimum atomic E-state index is -0.667. The lowest BCUT2D eigenvalue weighted by molar-refractivity contribution is 0.127. The Morgan fingerprint density at radius 2 is 2.36 bits per heavy atom. The second kappa shape index (κ2) is 5.29. The Kier molecular flexibility index (Phi) is 5.10. The number of halogens is 1. The molecule has 5 heteroatoms. The van der Waals surface area contributed by atoms with E-state index in [1.165, 1.54) is 0 Å². The van der Waals surface area contributed by atoms with Gasteiger partial charge in [-0.25, -0.2) is 4.98 Å². The van der Waals surface area contributed by atoms with Crippen LogP contribution in [0.2, 0.25) is 0 Å². The molecule has 1 atom stereocenters. The van der Waals surface area contributed by atoms with E-state index in [1.807, 2.05) is 0 Å². The van der Waals surface area contributed by atoms with Gasteiger partial charge in [0.25, 0.3) is 0 Å². The normalized spacial score (nSPS) is 12.2. The molecule has 64 valence electrons. The molecule has 1 rings (SSSR count). The summed E-state index contributed by atoms with van der Waals surface area (Å²) in [5.41, 5.74) is 0. The van der Waals surface area contributed by atoms with Crippen LogP contribution in [-0.2, 0) is 0 Å². The summed E-state index contributed by atoms with van der Waals surface area (Å²) in [4.78, 5) is 6.57. The first kappa shape index (κ1) is 10.6. The SMILES string of the molecule is Br.OCCC(O)c1ncc[nH]1. The molecule has 1 aromatic heterocycles. The molecule has 0 aliphatic heterocycles. The number of hydrogen-bond acceptors (Lipinski definition) is 3. The summed E-state index contributed by atoms with van der Waals surface area (Å²) < 4.78 is 0. The predicted molar refractivity (Wildman–Crippen MR) is 45.6 cm³/mol. The van der Waals surface area contributed by atoms with E-state index in [1.54, 1.807) is 12.4 Å². The molecular formula is C6H11BrN2O2. The van der Waals surface area contributed by atoms with Gasteiger partial charge in [-0.05, 0) is 0 Å². The van der Waals surface area contributed by atoms with Crippen molar-refractivity contribution in [3.8, 4) is 0 Å². The van der Waals surface area contributed by atoms with Crippen LogP contribution in [0.3, 0.4) is 0 Å². The highest BCUT2D eigenvalue weighted by molar-refractivity contribution is 8.93. The molecule has 0 spiro atoms. The van der Waals surface area contributed by atoms with Crippen LogP contribution in [0.15, 0.2) is 12.4 Å². The van der Waals surface area contributed by atoms with Crippen LogP contribution in [0, 0.1) is 0 Å². The molecule has 4 nitrogen and oxygen atoms in total. The van der Waals surface area contributed by atoms with Crippen LogP contribution in [0.25, 0.3) is 0 Å². The third-order valence-electron chi connectivity index (χ3n) is 1.24. The molecule has 0 saturated carbocycles. The Morgan fingerprint density at radius 3 is 2.82 bits per heavy atom. The number of nitrogens with zero attached hydrogens (tertiary/aromatic N) is 1. The fraction of sp³-hybridized carbons (Fsp3) is 0.500. The summed E-state index contributed by atoms with van der Waals surface area (Å²) in [7, 11) is 0. The zero-order valence-corrected chi connectivity index (χ0v) is 7.61. The van der Waals surface area contributed by atoms with Gasteiger partial charge in [-0.2, -0.15) is 0 Å². The van der Waals surface area contributed by atoms with Crippen molar-refractivity contribution in [1.82, 2.24) is 9.97 Å². The van der Waals surface area contributed by atoms with Crippen molar-refractivity contribution < 1.29 is 10.2 Å². The maximum absolute atomic E-state index is 9.16. The first-order chi connectivity index (χ1) is 4.84. The van der Waals surface area contributed by atoms with Crippen molar-refractivity contribution in [2.24, 2.45) is 0 Å². The van der Waals surface area contributed by atoms with E-state index in [-0.39, 0.29) is 23.6 Å². The van der Waals surface area contributed by atoms with Gasteiger partial charge < -0.3 is 15.2 Å². The van der Waals surface area contributed by atoms with E-state index in [9.17, 15) is 0 Å². The fourth-order valence-corrected chi connectivity index (χ4v) is 0.719. The molecule has 1 aromatic rings. The molecule has 0 amide bonds. The summed E-state index contributed by atoms with van der Waals surface area (Å²) in [5.74, 6) is 0.508. The topological polar surface area (TPSA) is 69.1 Å². The second-order valence-corrected chi connectivity index (χ2v) is 2.00. The number of imidazole rings is 1. The smallest absolute Gasteiger partial charge is 0.135 e. The third-order valence-corrected chi connectivity index (χ3v) is 1.24. The minimum absolute atomic E-state index is 0. The van der Waals surface area contributed by atoms with Gasteiger partial charge in [0.05, 0.1) is 0 Å². The number of rotatable bonds is 3. The Hall–Kier alpha value is -0.390. The third kappa shape index (κ3) is 3.00. The Balaban J connectivity index is 0.000001000. The lowest BCUT2D eigenvalue weighted by Crippen LogP contribution is -2.01. The molecule has 1 unspecified atom stereocenters. The summed E-state index contributed by atoms with van der Waals surface area (Å²) in [6.07, 6.45) is 2.86. The highest BCUT2D eigenvalue weighted by Gasteiger charge is 2.07. The van der Waals surface area contributed by atoms with Crippen molar-refractivity contribution in [2.75, 3.05) is 6.61 Å². The number of aromatic nitrogens is 2. The molecule has 0 aliphatic carbocycles.